The van der Waals surface area contributed by atoms with Crippen LogP contribution in [0.4, 0.5) is 10.3 Å². The zero-order chi connectivity index (χ0) is 17.1. The standard InChI is InChI=1S/C15H19FN6O2/c1-21-6-12(19-9-21)11-5-22(14(23)8-24-2)7-13(11)20-15-17-3-10(16)4-18-15/h3-4,6,9,11,13H,5,7-8H2,1-2H3,(H,17,18,20)/t11-,13+/m0/s1. The van der Waals surface area contributed by atoms with Crippen LogP contribution in [0, 0.1) is 5.82 Å². The SMILES string of the molecule is COCC(=O)N1C[C@@H](Nc2ncc(F)cn2)[C@H](c2cn(C)cn2)C1. The maximum atomic E-state index is 13.0. The topological polar surface area (TPSA) is 85.2 Å². The first-order valence-electron chi connectivity index (χ1n) is 7.55. The Balaban J connectivity index is 1.79. The van der Waals surface area contributed by atoms with E-state index in [0.717, 1.165) is 18.1 Å². The predicted octanol–water partition coefficient (Wildman–Crippen LogP) is 0.402. The molecule has 2 atom stereocenters. The van der Waals surface area contributed by atoms with Gasteiger partial charge in [0, 0.05) is 39.4 Å². The summed E-state index contributed by atoms with van der Waals surface area (Å²) in [6.45, 7) is 1.04. The average Bonchev–Trinajstić information content (AvgIpc) is 3.16. The Morgan fingerprint density at radius 1 is 1.38 bits per heavy atom. The number of carbonyl (C=O) groups is 1. The number of aryl methyl sites for hydroxylation is 1. The maximum Gasteiger partial charge on any atom is 0.248 e. The molecule has 0 bridgehead atoms. The van der Waals surface area contributed by atoms with Crippen molar-refractivity contribution < 1.29 is 13.9 Å². The quantitative estimate of drug-likeness (QED) is 0.852. The molecule has 0 aromatic carbocycles. The third-order valence-corrected chi connectivity index (χ3v) is 3.98. The minimum Gasteiger partial charge on any atom is -0.375 e. The van der Waals surface area contributed by atoms with E-state index < -0.39 is 5.82 Å². The van der Waals surface area contributed by atoms with Gasteiger partial charge in [0.1, 0.15) is 6.61 Å². The number of amides is 1. The molecule has 24 heavy (non-hydrogen) atoms. The van der Waals surface area contributed by atoms with Gasteiger partial charge in [-0.25, -0.2) is 19.3 Å². The second-order valence-corrected chi connectivity index (χ2v) is 5.78. The molecule has 0 radical (unpaired) electrons. The van der Waals surface area contributed by atoms with Crippen LogP contribution in [0.2, 0.25) is 0 Å². The fourth-order valence-electron chi connectivity index (χ4n) is 2.85. The first-order valence-corrected chi connectivity index (χ1v) is 7.55. The summed E-state index contributed by atoms with van der Waals surface area (Å²) in [4.78, 5) is 26.1. The van der Waals surface area contributed by atoms with Gasteiger partial charge in [-0.2, -0.15) is 0 Å². The Bertz CT molecular complexity index is 704. The third kappa shape index (κ3) is 3.51. The molecule has 0 unspecified atom stereocenters. The highest BCUT2D eigenvalue weighted by molar-refractivity contribution is 5.78. The number of aromatic nitrogens is 4. The van der Waals surface area contributed by atoms with Gasteiger partial charge in [-0.05, 0) is 0 Å². The van der Waals surface area contributed by atoms with E-state index in [4.69, 9.17) is 4.74 Å². The molecule has 2 aromatic rings. The number of methoxy groups -OCH3 is 1. The molecule has 1 fully saturated rings. The van der Waals surface area contributed by atoms with Gasteiger partial charge < -0.3 is 19.5 Å². The molecule has 1 aliphatic heterocycles. The molecule has 3 heterocycles. The van der Waals surface area contributed by atoms with E-state index in [1.807, 2.05) is 17.8 Å². The fourth-order valence-corrected chi connectivity index (χ4v) is 2.85. The van der Waals surface area contributed by atoms with Gasteiger partial charge in [-0.3, -0.25) is 4.79 Å². The van der Waals surface area contributed by atoms with Crippen molar-refractivity contribution in [2.24, 2.45) is 7.05 Å². The predicted molar refractivity (Wildman–Crippen MR) is 83.8 cm³/mol. The van der Waals surface area contributed by atoms with E-state index in [9.17, 15) is 9.18 Å². The number of hydrogen-bond donors (Lipinski definition) is 1. The normalized spacial score (nSPS) is 20.4. The van der Waals surface area contributed by atoms with E-state index in [-0.39, 0.29) is 24.5 Å². The molecule has 0 saturated carbocycles. The van der Waals surface area contributed by atoms with Gasteiger partial charge in [-0.15, -0.1) is 0 Å². The van der Waals surface area contributed by atoms with Gasteiger partial charge >= 0.3 is 0 Å². The number of nitrogens with zero attached hydrogens (tertiary/aromatic N) is 5. The molecule has 8 nitrogen and oxygen atoms in total. The highest BCUT2D eigenvalue weighted by Gasteiger charge is 2.37. The van der Waals surface area contributed by atoms with Crippen molar-refractivity contribution in [1.82, 2.24) is 24.4 Å². The Morgan fingerprint density at radius 2 is 2.12 bits per heavy atom. The molecule has 1 saturated heterocycles. The van der Waals surface area contributed by atoms with Gasteiger partial charge in [0.25, 0.3) is 0 Å². The lowest BCUT2D eigenvalue weighted by atomic mass is 10.0. The summed E-state index contributed by atoms with van der Waals surface area (Å²) in [6.07, 6.45) is 5.86. The summed E-state index contributed by atoms with van der Waals surface area (Å²) in [6, 6.07) is -0.119. The van der Waals surface area contributed by atoms with E-state index >= 15 is 0 Å². The van der Waals surface area contributed by atoms with Crippen LogP contribution in [0.5, 0.6) is 0 Å². The van der Waals surface area contributed by atoms with E-state index in [1.165, 1.54) is 7.11 Å². The van der Waals surface area contributed by atoms with Gasteiger partial charge in [0.15, 0.2) is 5.82 Å². The molecule has 0 spiro atoms. The van der Waals surface area contributed by atoms with E-state index in [1.54, 1.807) is 11.2 Å². The van der Waals surface area contributed by atoms with Gasteiger partial charge in [0.2, 0.25) is 11.9 Å². The Labute approximate surface area is 138 Å². The summed E-state index contributed by atoms with van der Waals surface area (Å²) in [5.41, 5.74) is 0.879. The van der Waals surface area contributed by atoms with E-state index in [0.29, 0.717) is 19.0 Å². The lowest BCUT2D eigenvalue weighted by Gasteiger charge is -2.17. The first-order chi connectivity index (χ1) is 11.6. The lowest BCUT2D eigenvalue weighted by molar-refractivity contribution is -0.134. The molecule has 3 rings (SSSR count). The summed E-state index contributed by atoms with van der Waals surface area (Å²) in [5, 5.41) is 3.18. The second kappa shape index (κ2) is 6.91. The molecule has 128 valence electrons. The van der Waals surface area contributed by atoms with Gasteiger partial charge in [-0.1, -0.05) is 0 Å². The molecule has 0 aliphatic carbocycles. The number of likely N-dealkylation sites (tertiary alicyclic amines) is 1. The van der Waals surface area contributed by atoms with Crippen molar-refractivity contribution >= 4 is 11.9 Å². The number of imidazole rings is 1. The highest BCUT2D eigenvalue weighted by atomic mass is 19.1. The van der Waals surface area contributed by atoms with Crippen molar-refractivity contribution in [2.45, 2.75) is 12.0 Å². The molecule has 1 N–H and O–H groups in total. The van der Waals surface area contributed by atoms with Crippen molar-refractivity contribution in [2.75, 3.05) is 32.1 Å². The van der Waals surface area contributed by atoms with Crippen LogP contribution in [0.25, 0.3) is 0 Å². The van der Waals surface area contributed by atoms with Crippen LogP contribution in [0.3, 0.4) is 0 Å². The smallest absolute Gasteiger partial charge is 0.248 e. The van der Waals surface area contributed by atoms with Crippen LogP contribution in [0.1, 0.15) is 11.6 Å². The summed E-state index contributed by atoms with van der Waals surface area (Å²) < 4.78 is 19.8. The fraction of sp³-hybridized carbons (Fsp3) is 0.467. The molecular formula is C15H19FN6O2. The Kier molecular flexibility index (Phi) is 4.70. The van der Waals surface area contributed by atoms with Crippen LogP contribution in [-0.2, 0) is 16.6 Å². The summed E-state index contributed by atoms with van der Waals surface area (Å²) in [5.74, 6) is -0.267. The van der Waals surface area contributed by atoms with Gasteiger partial charge in [0.05, 0.1) is 30.5 Å². The number of ether oxygens (including phenoxy) is 1. The van der Waals surface area contributed by atoms with Crippen LogP contribution in [-0.4, -0.2) is 63.2 Å². The van der Waals surface area contributed by atoms with Crippen molar-refractivity contribution in [3.8, 4) is 0 Å². The first kappa shape index (κ1) is 16.3. The Morgan fingerprint density at radius 3 is 2.75 bits per heavy atom. The molecule has 1 amide bonds. The second-order valence-electron chi connectivity index (χ2n) is 5.78. The van der Waals surface area contributed by atoms with Crippen molar-refractivity contribution in [1.29, 1.82) is 0 Å². The maximum absolute atomic E-state index is 13.0. The van der Waals surface area contributed by atoms with Crippen LogP contribution >= 0.6 is 0 Å². The number of rotatable bonds is 5. The minimum absolute atomic E-state index is 0.0133. The third-order valence-electron chi connectivity index (χ3n) is 3.98. The zero-order valence-corrected chi connectivity index (χ0v) is 13.5. The molecule has 2 aromatic heterocycles. The van der Waals surface area contributed by atoms with Crippen molar-refractivity contribution in [3.63, 3.8) is 0 Å². The average molecular weight is 334 g/mol. The largest absolute Gasteiger partial charge is 0.375 e. The zero-order valence-electron chi connectivity index (χ0n) is 13.5. The number of halogens is 1. The summed E-state index contributed by atoms with van der Waals surface area (Å²) in [7, 11) is 3.39. The van der Waals surface area contributed by atoms with Crippen LogP contribution in [0.15, 0.2) is 24.9 Å². The molecule has 1 aliphatic rings. The van der Waals surface area contributed by atoms with E-state index in [2.05, 4.69) is 20.3 Å². The number of hydrogen-bond acceptors (Lipinski definition) is 6. The monoisotopic (exact) mass is 334 g/mol. The lowest BCUT2D eigenvalue weighted by Crippen LogP contribution is -2.34. The number of anilines is 1. The molecular weight excluding hydrogens is 315 g/mol. The highest BCUT2D eigenvalue weighted by Crippen LogP contribution is 2.28. The minimum atomic E-state index is -0.495. The van der Waals surface area contributed by atoms with Crippen molar-refractivity contribution in [3.05, 3.63) is 36.4 Å². The Hall–Kier alpha value is -2.55. The van der Waals surface area contributed by atoms with Crippen LogP contribution < -0.4 is 5.32 Å². The summed E-state index contributed by atoms with van der Waals surface area (Å²) >= 11 is 0. The molecule has 9 heteroatoms. The number of nitrogens with one attached hydrogen (secondary N) is 1. The number of carbonyl (C=O) groups excluding carboxylic acids is 1.